The fourth-order valence-electron chi connectivity index (χ4n) is 5.56. The van der Waals surface area contributed by atoms with E-state index in [1.54, 1.807) is 0 Å². The molecule has 0 aromatic heterocycles. The summed E-state index contributed by atoms with van der Waals surface area (Å²) in [5, 5.41) is 2.48. The molecule has 1 N–H and O–H groups in total. The second kappa shape index (κ2) is 10.5. The highest BCUT2D eigenvalue weighted by Gasteiger charge is 2.35. The molecule has 2 aromatic rings. The monoisotopic (exact) mass is 476 g/mol. The Hall–Kier alpha value is -2.74. The van der Waals surface area contributed by atoms with Crippen molar-refractivity contribution in [3.63, 3.8) is 0 Å². The number of imide groups is 1. The number of carbonyl (C=O) groups is 2. The summed E-state index contributed by atoms with van der Waals surface area (Å²) in [5.41, 5.74) is 4.84. The van der Waals surface area contributed by atoms with Crippen molar-refractivity contribution >= 4 is 11.8 Å². The Bertz CT molecular complexity index is 1060. The molecule has 2 saturated heterocycles. The Morgan fingerprint density at radius 2 is 1.71 bits per heavy atom. The Kier molecular flexibility index (Phi) is 7.18. The average molecular weight is 477 g/mol. The Labute approximate surface area is 208 Å². The van der Waals surface area contributed by atoms with E-state index in [9.17, 15) is 9.59 Å². The molecular formula is C28H36N4O3. The van der Waals surface area contributed by atoms with Crippen LogP contribution in [0, 0.1) is 0 Å². The zero-order valence-corrected chi connectivity index (χ0v) is 20.8. The number of amides is 2. The van der Waals surface area contributed by atoms with Crippen molar-refractivity contribution in [2.24, 2.45) is 0 Å². The van der Waals surface area contributed by atoms with E-state index in [2.05, 4.69) is 64.4 Å². The molecule has 7 nitrogen and oxygen atoms in total. The molecule has 186 valence electrons. The molecule has 3 aliphatic heterocycles. The minimum absolute atomic E-state index is 0.174. The van der Waals surface area contributed by atoms with Crippen molar-refractivity contribution in [3.05, 3.63) is 64.7 Å². The van der Waals surface area contributed by atoms with Gasteiger partial charge in [0.05, 0.1) is 6.04 Å². The molecule has 0 bridgehead atoms. The molecule has 0 saturated carbocycles. The zero-order valence-electron chi connectivity index (χ0n) is 20.8. The van der Waals surface area contributed by atoms with E-state index in [-0.39, 0.29) is 17.9 Å². The van der Waals surface area contributed by atoms with Gasteiger partial charge in [-0.2, -0.15) is 0 Å². The summed E-state index contributed by atoms with van der Waals surface area (Å²) in [6.07, 6.45) is 3.45. The molecule has 1 atom stereocenters. The fourth-order valence-corrected chi connectivity index (χ4v) is 5.56. The lowest BCUT2D eigenvalue weighted by Crippen LogP contribution is -2.50. The number of likely N-dealkylation sites (tertiary alicyclic amines) is 1. The van der Waals surface area contributed by atoms with Gasteiger partial charge in [-0.3, -0.25) is 24.7 Å². The van der Waals surface area contributed by atoms with E-state index in [0.29, 0.717) is 38.6 Å². The van der Waals surface area contributed by atoms with Crippen LogP contribution in [0.25, 0.3) is 0 Å². The highest BCUT2D eigenvalue weighted by Crippen LogP contribution is 2.34. The molecule has 3 aliphatic rings. The van der Waals surface area contributed by atoms with Crippen molar-refractivity contribution in [2.45, 2.75) is 64.0 Å². The van der Waals surface area contributed by atoms with Gasteiger partial charge in [-0.1, -0.05) is 36.4 Å². The number of hydrogen-bond donors (Lipinski definition) is 1. The molecular weight excluding hydrogens is 440 g/mol. The maximum Gasteiger partial charge on any atom is 0.243 e. The number of hydrogen-bond acceptors (Lipinski definition) is 6. The smallest absolute Gasteiger partial charge is 0.243 e. The van der Waals surface area contributed by atoms with Crippen LogP contribution in [0.4, 0.5) is 0 Å². The first kappa shape index (κ1) is 24.0. The van der Waals surface area contributed by atoms with Gasteiger partial charge < -0.3 is 9.64 Å². The molecule has 7 heteroatoms. The molecule has 0 radical (unpaired) electrons. The Morgan fingerprint density at radius 1 is 0.971 bits per heavy atom. The van der Waals surface area contributed by atoms with E-state index in [0.717, 1.165) is 36.5 Å². The quantitative estimate of drug-likeness (QED) is 0.620. The second-order valence-electron chi connectivity index (χ2n) is 10.3. The van der Waals surface area contributed by atoms with Gasteiger partial charge in [-0.15, -0.1) is 0 Å². The predicted octanol–water partition coefficient (Wildman–Crippen LogP) is 2.91. The van der Waals surface area contributed by atoms with Crippen molar-refractivity contribution in [1.29, 1.82) is 0 Å². The lowest BCUT2D eigenvalue weighted by atomic mass is 10.0. The molecule has 2 fully saturated rings. The van der Waals surface area contributed by atoms with Crippen LogP contribution in [0.15, 0.2) is 42.5 Å². The number of nitrogens with zero attached hydrogens (tertiary/aromatic N) is 3. The molecule has 0 spiro atoms. The molecule has 1 unspecified atom stereocenters. The molecule has 0 aliphatic carbocycles. The highest BCUT2D eigenvalue weighted by molar-refractivity contribution is 6.00. The number of rotatable bonds is 7. The van der Waals surface area contributed by atoms with Crippen molar-refractivity contribution in [3.8, 4) is 5.75 Å². The number of benzene rings is 2. The first-order chi connectivity index (χ1) is 17.0. The number of nitrogens with one attached hydrogen (secondary N) is 1. The third-order valence-corrected chi connectivity index (χ3v) is 7.73. The van der Waals surface area contributed by atoms with Crippen LogP contribution in [0.2, 0.25) is 0 Å². The number of piperidine rings is 2. The molecule has 3 heterocycles. The van der Waals surface area contributed by atoms with Gasteiger partial charge in [0, 0.05) is 37.7 Å². The normalized spacial score (nSPS) is 21.9. The van der Waals surface area contributed by atoms with Crippen molar-refractivity contribution in [1.82, 2.24) is 20.0 Å². The van der Waals surface area contributed by atoms with Gasteiger partial charge in [0.25, 0.3) is 0 Å². The summed E-state index contributed by atoms with van der Waals surface area (Å²) in [6.45, 7) is 5.21. The van der Waals surface area contributed by atoms with Crippen LogP contribution in [-0.4, -0.2) is 65.8 Å². The summed E-state index contributed by atoms with van der Waals surface area (Å²) in [5.74, 6) is 0.524. The molecule has 35 heavy (non-hydrogen) atoms. The van der Waals surface area contributed by atoms with Crippen LogP contribution in [-0.2, 0) is 35.8 Å². The zero-order chi connectivity index (χ0) is 24.4. The summed E-state index contributed by atoms with van der Waals surface area (Å²) in [4.78, 5) is 30.9. The maximum absolute atomic E-state index is 12.3. The van der Waals surface area contributed by atoms with E-state index in [1.165, 1.54) is 24.0 Å². The average Bonchev–Trinajstić information content (AvgIpc) is 3.28. The van der Waals surface area contributed by atoms with Gasteiger partial charge in [0.1, 0.15) is 12.4 Å². The number of ether oxygens (including phenoxy) is 1. The van der Waals surface area contributed by atoms with E-state index in [1.807, 2.05) is 12.1 Å². The standard InChI is InChI=1S/C28H36N4O3/c1-30(2)23-12-14-31(15-13-23)16-20-6-8-21(9-7-20)19-35-26-5-3-4-22-17-32(18-24(22)26)25-10-11-27(33)29-28(25)34/h3-9,23,25H,10-19H2,1-2H3,(H,29,33,34). The van der Waals surface area contributed by atoms with Crippen LogP contribution in [0.1, 0.15) is 47.9 Å². The van der Waals surface area contributed by atoms with Gasteiger partial charge in [-0.25, -0.2) is 0 Å². The SMILES string of the molecule is CN(C)C1CCN(Cc2ccc(COc3cccc4c3CN(C3CCC(=O)NC3=O)C4)cc2)CC1. The van der Waals surface area contributed by atoms with Gasteiger partial charge in [0.15, 0.2) is 0 Å². The van der Waals surface area contributed by atoms with Gasteiger partial charge >= 0.3 is 0 Å². The number of carbonyl (C=O) groups excluding carboxylic acids is 2. The lowest BCUT2D eigenvalue weighted by molar-refractivity contribution is -0.137. The lowest BCUT2D eigenvalue weighted by Gasteiger charge is -2.35. The fraction of sp³-hybridized carbons (Fsp3) is 0.500. The summed E-state index contributed by atoms with van der Waals surface area (Å²) in [7, 11) is 4.36. The first-order valence-corrected chi connectivity index (χ1v) is 12.7. The summed E-state index contributed by atoms with van der Waals surface area (Å²) < 4.78 is 6.24. The topological polar surface area (TPSA) is 65.1 Å². The van der Waals surface area contributed by atoms with Crippen molar-refractivity contribution < 1.29 is 14.3 Å². The van der Waals surface area contributed by atoms with E-state index >= 15 is 0 Å². The van der Waals surface area contributed by atoms with Gasteiger partial charge in [-0.05, 0) is 69.2 Å². The van der Waals surface area contributed by atoms with Crippen LogP contribution >= 0.6 is 0 Å². The first-order valence-electron chi connectivity index (χ1n) is 12.7. The minimum Gasteiger partial charge on any atom is -0.489 e. The molecule has 5 rings (SSSR count). The van der Waals surface area contributed by atoms with Crippen LogP contribution in [0.3, 0.4) is 0 Å². The van der Waals surface area contributed by atoms with Crippen LogP contribution in [0.5, 0.6) is 5.75 Å². The largest absolute Gasteiger partial charge is 0.489 e. The van der Waals surface area contributed by atoms with E-state index in [4.69, 9.17) is 4.74 Å². The summed E-state index contributed by atoms with van der Waals surface area (Å²) in [6, 6.07) is 15.4. The van der Waals surface area contributed by atoms with Gasteiger partial charge in [0.2, 0.25) is 11.8 Å². The predicted molar refractivity (Wildman–Crippen MR) is 135 cm³/mol. The third-order valence-electron chi connectivity index (χ3n) is 7.73. The highest BCUT2D eigenvalue weighted by atomic mass is 16.5. The summed E-state index contributed by atoms with van der Waals surface area (Å²) >= 11 is 0. The third kappa shape index (κ3) is 5.58. The number of fused-ring (bicyclic) bond motifs is 1. The van der Waals surface area contributed by atoms with Crippen LogP contribution < -0.4 is 10.1 Å². The Morgan fingerprint density at radius 3 is 2.43 bits per heavy atom. The van der Waals surface area contributed by atoms with E-state index < -0.39 is 0 Å². The van der Waals surface area contributed by atoms with Crippen molar-refractivity contribution in [2.75, 3.05) is 27.2 Å². The second-order valence-corrected chi connectivity index (χ2v) is 10.3. The molecule has 2 aromatic carbocycles. The molecule has 2 amide bonds. The maximum atomic E-state index is 12.3. The minimum atomic E-state index is -0.255. The Balaban J connectivity index is 1.15.